The maximum atomic E-state index is 12.4. The van der Waals surface area contributed by atoms with Gasteiger partial charge in [0.25, 0.3) is 0 Å². The number of ether oxygens (including phenoxy) is 1. The van der Waals surface area contributed by atoms with E-state index >= 15 is 0 Å². The van der Waals surface area contributed by atoms with Gasteiger partial charge in [0.15, 0.2) is 0 Å². The van der Waals surface area contributed by atoms with Gasteiger partial charge in [0.2, 0.25) is 0 Å². The molecule has 0 spiro atoms. The predicted molar refractivity (Wildman–Crippen MR) is 116 cm³/mol. The molecule has 2 rings (SSSR count). The Labute approximate surface area is 181 Å². The van der Waals surface area contributed by atoms with Crippen LogP contribution in [0.2, 0.25) is 0 Å². The molecule has 8 heteroatoms. The number of rotatable bonds is 13. The lowest BCUT2D eigenvalue weighted by Gasteiger charge is -2.25. The molecule has 0 saturated carbocycles. The number of carbonyl (C=O) groups excluding carboxylic acids is 1. The van der Waals surface area contributed by atoms with Crippen molar-refractivity contribution in [3.05, 3.63) is 66.2 Å². The molecule has 0 aliphatic carbocycles. The van der Waals surface area contributed by atoms with Gasteiger partial charge in [-0.15, -0.1) is 0 Å². The minimum atomic E-state index is -1.26. The number of benzene rings is 2. The molecule has 0 aromatic heterocycles. The van der Waals surface area contributed by atoms with Gasteiger partial charge in [0, 0.05) is 12.1 Å². The molecule has 0 aliphatic rings. The molecule has 0 aliphatic heterocycles. The Hall–Kier alpha value is -3.39. The number of hydrogen-bond acceptors (Lipinski definition) is 6. The Morgan fingerprint density at radius 1 is 0.871 bits per heavy atom. The number of nitrogens with one attached hydrogen (secondary N) is 2. The number of aliphatic carboxylic acids is 2. The summed E-state index contributed by atoms with van der Waals surface area (Å²) in [6, 6.07) is 14.9. The zero-order chi connectivity index (χ0) is 22.6. The van der Waals surface area contributed by atoms with Crippen molar-refractivity contribution >= 4 is 23.6 Å². The van der Waals surface area contributed by atoms with Gasteiger partial charge in [-0.05, 0) is 37.5 Å². The highest BCUT2D eigenvalue weighted by molar-refractivity contribution is 5.81. The Kier molecular flexibility index (Phi) is 9.51. The summed E-state index contributed by atoms with van der Waals surface area (Å²) in [5.41, 5.74) is 1.56. The summed E-state index contributed by atoms with van der Waals surface area (Å²) < 4.78 is 5.09. The Morgan fingerprint density at radius 2 is 1.45 bits per heavy atom. The number of para-hydroxylation sites is 1. The zero-order valence-electron chi connectivity index (χ0n) is 17.4. The monoisotopic (exact) mass is 428 g/mol. The first-order chi connectivity index (χ1) is 14.9. The number of anilines is 1. The molecule has 0 heterocycles. The van der Waals surface area contributed by atoms with Gasteiger partial charge >= 0.3 is 17.9 Å². The maximum Gasteiger partial charge on any atom is 0.326 e. The van der Waals surface area contributed by atoms with Crippen molar-refractivity contribution < 1.29 is 29.3 Å². The second-order valence-corrected chi connectivity index (χ2v) is 7.02. The molecule has 3 atom stereocenters. The number of aryl methyl sites for hydroxylation is 1. The molecule has 0 amide bonds. The average molecular weight is 428 g/mol. The fourth-order valence-corrected chi connectivity index (χ4v) is 3.14. The van der Waals surface area contributed by atoms with Crippen LogP contribution in [0, 0.1) is 0 Å². The van der Waals surface area contributed by atoms with Gasteiger partial charge in [-0.1, -0.05) is 48.5 Å². The van der Waals surface area contributed by atoms with Crippen molar-refractivity contribution in [2.24, 2.45) is 0 Å². The highest BCUT2D eigenvalue weighted by Gasteiger charge is 2.31. The van der Waals surface area contributed by atoms with Crippen LogP contribution < -0.4 is 10.6 Å². The fraction of sp³-hybridized carbons (Fsp3) is 0.348. The standard InChI is InChI=1S/C23H28N2O6/c1-2-31-23(30)18(14-13-16-9-5-3-6-10-16)25-20(22(28)29)15-19(21(26)27)24-17-11-7-4-8-12-17/h3-12,18-20,24-25H,2,13-15H2,1H3,(H,26,27)(H,28,29)/t18?,19?,20-/m0/s1. The second kappa shape index (κ2) is 12.3. The van der Waals surface area contributed by atoms with E-state index in [9.17, 15) is 24.6 Å². The quantitative estimate of drug-likeness (QED) is 0.359. The molecule has 31 heavy (non-hydrogen) atoms. The number of hydrogen-bond donors (Lipinski definition) is 4. The van der Waals surface area contributed by atoms with Crippen molar-refractivity contribution in [3.63, 3.8) is 0 Å². The molecule has 2 aromatic carbocycles. The number of carboxylic acid groups (broad SMARTS) is 2. The first-order valence-corrected chi connectivity index (χ1v) is 10.1. The van der Waals surface area contributed by atoms with E-state index in [1.165, 1.54) is 0 Å². The summed E-state index contributed by atoms with van der Waals surface area (Å²) in [6.45, 7) is 1.83. The molecule has 0 bridgehead atoms. The van der Waals surface area contributed by atoms with E-state index < -0.39 is 36.0 Å². The lowest BCUT2D eigenvalue weighted by atomic mass is 10.0. The molecular weight excluding hydrogens is 400 g/mol. The topological polar surface area (TPSA) is 125 Å². The Morgan fingerprint density at radius 3 is 2.00 bits per heavy atom. The summed E-state index contributed by atoms with van der Waals surface area (Å²) >= 11 is 0. The summed E-state index contributed by atoms with van der Waals surface area (Å²) in [4.78, 5) is 36.0. The van der Waals surface area contributed by atoms with E-state index in [2.05, 4.69) is 10.6 Å². The molecule has 0 radical (unpaired) electrons. The van der Waals surface area contributed by atoms with Crippen LogP contribution in [0.5, 0.6) is 0 Å². The largest absolute Gasteiger partial charge is 0.480 e. The van der Waals surface area contributed by atoms with Crippen molar-refractivity contribution in [3.8, 4) is 0 Å². The zero-order valence-corrected chi connectivity index (χ0v) is 17.4. The summed E-state index contributed by atoms with van der Waals surface area (Å²) in [7, 11) is 0. The third-order valence-electron chi connectivity index (χ3n) is 4.72. The molecular formula is C23H28N2O6. The van der Waals surface area contributed by atoms with Gasteiger partial charge < -0.3 is 20.3 Å². The first kappa shape index (κ1) is 23.9. The SMILES string of the molecule is CCOC(=O)C(CCc1ccccc1)N[C@@H](CC(Nc1ccccc1)C(=O)O)C(=O)O. The average Bonchev–Trinajstić information content (AvgIpc) is 2.76. The van der Waals surface area contributed by atoms with Crippen LogP contribution in [-0.4, -0.2) is 52.9 Å². The van der Waals surface area contributed by atoms with Gasteiger partial charge in [-0.2, -0.15) is 0 Å². The molecule has 2 unspecified atom stereocenters. The molecule has 8 nitrogen and oxygen atoms in total. The lowest BCUT2D eigenvalue weighted by molar-refractivity contribution is -0.147. The number of esters is 1. The predicted octanol–water partition coefficient (Wildman–Crippen LogP) is 2.55. The maximum absolute atomic E-state index is 12.4. The second-order valence-electron chi connectivity index (χ2n) is 7.02. The van der Waals surface area contributed by atoms with Gasteiger partial charge in [-0.25, -0.2) is 4.79 Å². The Bertz CT molecular complexity index is 844. The van der Waals surface area contributed by atoms with Crippen LogP contribution in [0.15, 0.2) is 60.7 Å². The first-order valence-electron chi connectivity index (χ1n) is 10.1. The number of carboxylic acids is 2. The molecule has 0 saturated heterocycles. The normalized spacial score (nSPS) is 13.6. The molecule has 2 aromatic rings. The Balaban J connectivity index is 2.11. The van der Waals surface area contributed by atoms with E-state index in [0.717, 1.165) is 5.56 Å². The smallest absolute Gasteiger partial charge is 0.326 e. The van der Waals surface area contributed by atoms with E-state index in [-0.39, 0.29) is 13.0 Å². The van der Waals surface area contributed by atoms with E-state index in [0.29, 0.717) is 18.5 Å². The van der Waals surface area contributed by atoms with Crippen LogP contribution in [-0.2, 0) is 25.5 Å². The summed E-state index contributed by atoms with van der Waals surface area (Å²) in [5, 5.41) is 24.9. The van der Waals surface area contributed by atoms with E-state index in [1.807, 2.05) is 30.3 Å². The van der Waals surface area contributed by atoms with Crippen molar-refractivity contribution in [2.75, 3.05) is 11.9 Å². The van der Waals surface area contributed by atoms with Gasteiger partial charge in [-0.3, -0.25) is 14.9 Å². The summed E-state index contributed by atoms with van der Waals surface area (Å²) in [6.07, 6.45) is 0.589. The third-order valence-corrected chi connectivity index (χ3v) is 4.72. The minimum absolute atomic E-state index is 0.160. The fourth-order valence-electron chi connectivity index (χ4n) is 3.14. The van der Waals surface area contributed by atoms with Crippen LogP contribution in [0.4, 0.5) is 5.69 Å². The van der Waals surface area contributed by atoms with Crippen molar-refractivity contribution in [1.29, 1.82) is 0 Å². The molecule has 0 fully saturated rings. The van der Waals surface area contributed by atoms with Gasteiger partial charge in [0.05, 0.1) is 6.61 Å². The highest BCUT2D eigenvalue weighted by Crippen LogP contribution is 2.13. The van der Waals surface area contributed by atoms with Crippen LogP contribution in [0.3, 0.4) is 0 Å². The van der Waals surface area contributed by atoms with Crippen LogP contribution in [0.25, 0.3) is 0 Å². The van der Waals surface area contributed by atoms with Crippen molar-refractivity contribution in [1.82, 2.24) is 5.32 Å². The van der Waals surface area contributed by atoms with Gasteiger partial charge in [0.1, 0.15) is 18.1 Å². The molecule has 4 N–H and O–H groups in total. The highest BCUT2D eigenvalue weighted by atomic mass is 16.5. The number of carbonyl (C=O) groups is 3. The minimum Gasteiger partial charge on any atom is -0.480 e. The summed E-state index contributed by atoms with van der Waals surface area (Å²) in [5.74, 6) is -2.99. The van der Waals surface area contributed by atoms with E-state index in [1.54, 1.807) is 37.3 Å². The van der Waals surface area contributed by atoms with Crippen LogP contribution >= 0.6 is 0 Å². The van der Waals surface area contributed by atoms with E-state index in [4.69, 9.17) is 4.74 Å². The van der Waals surface area contributed by atoms with Crippen LogP contribution in [0.1, 0.15) is 25.3 Å². The lowest BCUT2D eigenvalue weighted by Crippen LogP contribution is -2.51. The molecule has 166 valence electrons. The van der Waals surface area contributed by atoms with Crippen molar-refractivity contribution in [2.45, 2.75) is 44.3 Å². The third kappa shape index (κ3) is 8.10.